The number of carbonyl (C=O) groups excluding carboxylic acids is 1. The van der Waals surface area contributed by atoms with Gasteiger partial charge in [-0.3, -0.25) is 0 Å². The van der Waals surface area contributed by atoms with Crippen LogP contribution >= 0.6 is 0 Å². The number of nitrogen functional groups attached to an aromatic ring is 1. The highest BCUT2D eigenvalue weighted by molar-refractivity contribution is 6.06. The van der Waals surface area contributed by atoms with Gasteiger partial charge in [0.15, 0.2) is 0 Å². The highest BCUT2D eigenvalue weighted by Gasteiger charge is 2.20. The number of anilines is 1. The van der Waals surface area contributed by atoms with Gasteiger partial charge in [-0.15, -0.1) is 0 Å². The summed E-state index contributed by atoms with van der Waals surface area (Å²) in [7, 11) is 0. The summed E-state index contributed by atoms with van der Waals surface area (Å²) in [5, 5.41) is 8.95. The van der Waals surface area contributed by atoms with Gasteiger partial charge >= 0.3 is 11.9 Å². The molecule has 0 aliphatic carbocycles. The fourth-order valence-electron chi connectivity index (χ4n) is 1.29. The molecule has 0 aromatic heterocycles. The Hall–Kier alpha value is -2.04. The lowest BCUT2D eigenvalue weighted by Gasteiger charge is -2.10. The number of hydrogen-bond donors (Lipinski definition) is 2. The van der Waals surface area contributed by atoms with Crippen LogP contribution in [0, 0.1) is 5.92 Å². The first-order chi connectivity index (χ1) is 7.93. The summed E-state index contributed by atoms with van der Waals surface area (Å²) >= 11 is 0. The lowest BCUT2D eigenvalue weighted by atomic mass is 10.1. The van der Waals surface area contributed by atoms with Crippen LogP contribution in [0.2, 0.25) is 0 Å². The van der Waals surface area contributed by atoms with Gasteiger partial charge in [0.25, 0.3) is 0 Å². The van der Waals surface area contributed by atoms with Crippen molar-refractivity contribution in [1.82, 2.24) is 0 Å². The second-order valence-corrected chi connectivity index (χ2v) is 4.07. The van der Waals surface area contributed by atoms with Crippen molar-refractivity contribution in [1.29, 1.82) is 0 Å². The third-order valence-electron chi connectivity index (χ3n) is 2.08. The SMILES string of the molecule is CC(C)COC(=O)c1c(N)cccc1C(=O)O. The molecule has 92 valence electrons. The number of carboxylic acid groups (broad SMARTS) is 1. The van der Waals surface area contributed by atoms with Crippen molar-refractivity contribution >= 4 is 17.6 Å². The monoisotopic (exact) mass is 237 g/mol. The minimum Gasteiger partial charge on any atom is -0.478 e. The molecule has 1 rings (SSSR count). The fraction of sp³-hybridized carbons (Fsp3) is 0.333. The second-order valence-electron chi connectivity index (χ2n) is 4.07. The number of nitrogens with two attached hydrogens (primary N) is 1. The third-order valence-corrected chi connectivity index (χ3v) is 2.08. The van der Waals surface area contributed by atoms with Gasteiger partial charge in [0.05, 0.1) is 17.7 Å². The van der Waals surface area contributed by atoms with Crippen molar-refractivity contribution in [2.45, 2.75) is 13.8 Å². The van der Waals surface area contributed by atoms with Crippen molar-refractivity contribution in [3.05, 3.63) is 29.3 Å². The van der Waals surface area contributed by atoms with Crippen molar-refractivity contribution in [3.63, 3.8) is 0 Å². The van der Waals surface area contributed by atoms with Gasteiger partial charge in [0, 0.05) is 5.69 Å². The molecule has 0 amide bonds. The highest BCUT2D eigenvalue weighted by atomic mass is 16.5. The maximum Gasteiger partial charge on any atom is 0.341 e. The van der Waals surface area contributed by atoms with Crippen LogP contribution in [0.5, 0.6) is 0 Å². The number of hydrogen-bond acceptors (Lipinski definition) is 4. The standard InChI is InChI=1S/C12H15NO4/c1-7(2)6-17-12(16)10-8(11(14)15)4-3-5-9(10)13/h3-5,7H,6,13H2,1-2H3,(H,14,15). The summed E-state index contributed by atoms with van der Waals surface area (Å²) in [5.74, 6) is -1.72. The van der Waals surface area contributed by atoms with E-state index >= 15 is 0 Å². The molecule has 0 radical (unpaired) electrons. The Labute approximate surface area is 99.2 Å². The quantitative estimate of drug-likeness (QED) is 0.615. The van der Waals surface area contributed by atoms with Gasteiger partial charge in [-0.25, -0.2) is 9.59 Å². The van der Waals surface area contributed by atoms with Crippen molar-refractivity contribution in [3.8, 4) is 0 Å². The predicted octanol–water partition coefficient (Wildman–Crippen LogP) is 1.78. The van der Waals surface area contributed by atoms with Crippen molar-refractivity contribution in [2.75, 3.05) is 12.3 Å². The van der Waals surface area contributed by atoms with Gasteiger partial charge in [-0.1, -0.05) is 19.9 Å². The molecule has 0 saturated heterocycles. The second kappa shape index (κ2) is 5.34. The number of rotatable bonds is 4. The van der Waals surface area contributed by atoms with E-state index in [4.69, 9.17) is 15.6 Å². The summed E-state index contributed by atoms with van der Waals surface area (Å²) in [4.78, 5) is 22.7. The Morgan fingerprint density at radius 3 is 2.59 bits per heavy atom. The van der Waals surface area contributed by atoms with Crippen LogP contribution in [0.3, 0.4) is 0 Å². The molecule has 5 heteroatoms. The fourth-order valence-corrected chi connectivity index (χ4v) is 1.29. The molecule has 3 N–H and O–H groups in total. The van der Waals surface area contributed by atoms with Gasteiger partial charge in [0.1, 0.15) is 0 Å². The van der Waals surface area contributed by atoms with Crippen LogP contribution in [0.4, 0.5) is 5.69 Å². The summed E-state index contributed by atoms with van der Waals surface area (Å²) in [6.07, 6.45) is 0. The molecule has 1 aromatic rings. The van der Waals surface area contributed by atoms with Crippen LogP contribution < -0.4 is 5.73 Å². The lowest BCUT2D eigenvalue weighted by Crippen LogP contribution is -2.16. The zero-order valence-corrected chi connectivity index (χ0v) is 9.77. The molecule has 0 atom stereocenters. The maximum absolute atomic E-state index is 11.7. The molecule has 0 aliphatic rings. The first-order valence-corrected chi connectivity index (χ1v) is 5.22. The summed E-state index contributed by atoms with van der Waals surface area (Å²) in [5.41, 5.74) is 5.49. The Kier molecular flexibility index (Phi) is 4.09. The van der Waals surface area contributed by atoms with E-state index in [9.17, 15) is 9.59 Å². The zero-order chi connectivity index (χ0) is 13.0. The molecular weight excluding hydrogens is 222 g/mol. The summed E-state index contributed by atoms with van der Waals surface area (Å²) in [6, 6.07) is 4.28. The first-order valence-electron chi connectivity index (χ1n) is 5.22. The van der Waals surface area contributed by atoms with E-state index in [2.05, 4.69) is 0 Å². The van der Waals surface area contributed by atoms with Gasteiger partial charge < -0.3 is 15.6 Å². The Morgan fingerprint density at radius 1 is 1.41 bits per heavy atom. The van der Waals surface area contributed by atoms with E-state index < -0.39 is 11.9 Å². The molecular formula is C12H15NO4. The molecule has 0 fully saturated rings. The van der Waals surface area contributed by atoms with Gasteiger partial charge in [-0.2, -0.15) is 0 Å². The molecule has 0 unspecified atom stereocenters. The van der Waals surface area contributed by atoms with E-state index in [1.54, 1.807) is 0 Å². The number of carboxylic acids is 1. The maximum atomic E-state index is 11.7. The smallest absolute Gasteiger partial charge is 0.341 e. The first kappa shape index (κ1) is 13.0. The van der Waals surface area contributed by atoms with Crippen LogP contribution in [0.15, 0.2) is 18.2 Å². The van der Waals surface area contributed by atoms with E-state index in [-0.39, 0.29) is 29.3 Å². The third kappa shape index (κ3) is 3.21. The van der Waals surface area contributed by atoms with E-state index in [1.807, 2.05) is 13.8 Å². The van der Waals surface area contributed by atoms with Gasteiger partial charge in [0.2, 0.25) is 0 Å². The lowest BCUT2D eigenvalue weighted by molar-refractivity contribution is 0.0451. The summed E-state index contributed by atoms with van der Waals surface area (Å²) in [6.45, 7) is 4.01. The zero-order valence-electron chi connectivity index (χ0n) is 9.77. The number of benzene rings is 1. The van der Waals surface area contributed by atoms with Crippen molar-refractivity contribution < 1.29 is 19.4 Å². The minimum absolute atomic E-state index is 0.0827. The Morgan fingerprint density at radius 2 is 2.06 bits per heavy atom. The highest BCUT2D eigenvalue weighted by Crippen LogP contribution is 2.18. The molecule has 0 bridgehead atoms. The van der Waals surface area contributed by atoms with E-state index in [0.717, 1.165) is 0 Å². The average molecular weight is 237 g/mol. The van der Waals surface area contributed by atoms with Crippen LogP contribution in [0.1, 0.15) is 34.6 Å². The molecule has 0 heterocycles. The minimum atomic E-state index is -1.20. The van der Waals surface area contributed by atoms with E-state index in [1.165, 1.54) is 18.2 Å². The molecule has 17 heavy (non-hydrogen) atoms. The molecule has 5 nitrogen and oxygen atoms in total. The Balaban J connectivity index is 3.03. The molecule has 0 saturated carbocycles. The van der Waals surface area contributed by atoms with Crippen LogP contribution in [-0.2, 0) is 4.74 Å². The molecule has 0 spiro atoms. The van der Waals surface area contributed by atoms with E-state index in [0.29, 0.717) is 0 Å². The van der Waals surface area contributed by atoms with Crippen molar-refractivity contribution in [2.24, 2.45) is 5.92 Å². The van der Waals surface area contributed by atoms with Crippen LogP contribution in [0.25, 0.3) is 0 Å². The normalized spacial score (nSPS) is 10.3. The number of ether oxygens (including phenoxy) is 1. The molecule has 0 aliphatic heterocycles. The summed E-state index contributed by atoms with van der Waals surface area (Å²) < 4.78 is 4.98. The Bertz CT molecular complexity index is 440. The number of aromatic carboxylic acids is 1. The average Bonchev–Trinajstić information content (AvgIpc) is 2.25. The van der Waals surface area contributed by atoms with Crippen LogP contribution in [-0.4, -0.2) is 23.7 Å². The number of carbonyl (C=O) groups is 2. The topological polar surface area (TPSA) is 89.6 Å². The van der Waals surface area contributed by atoms with Gasteiger partial charge in [-0.05, 0) is 18.1 Å². The largest absolute Gasteiger partial charge is 0.478 e. The number of esters is 1. The molecule has 1 aromatic carbocycles. The predicted molar refractivity (Wildman–Crippen MR) is 62.9 cm³/mol.